The summed E-state index contributed by atoms with van der Waals surface area (Å²) in [5.41, 5.74) is 8.41. The lowest BCUT2D eigenvalue weighted by Crippen LogP contribution is -2.11. The molecule has 2 amide bonds. The second-order valence-electron chi connectivity index (χ2n) is 4.86. The molecule has 0 aromatic heterocycles. The van der Waals surface area contributed by atoms with Gasteiger partial charge in [0.2, 0.25) is 11.8 Å². The van der Waals surface area contributed by atoms with Gasteiger partial charge in [0, 0.05) is 17.3 Å². The van der Waals surface area contributed by atoms with E-state index in [2.05, 4.69) is 12.2 Å². The predicted molar refractivity (Wildman–Crippen MR) is 88.4 cm³/mol. The van der Waals surface area contributed by atoms with Crippen molar-refractivity contribution in [2.75, 3.05) is 5.32 Å². The van der Waals surface area contributed by atoms with Gasteiger partial charge in [-0.05, 0) is 47.9 Å². The van der Waals surface area contributed by atoms with E-state index in [-0.39, 0.29) is 5.91 Å². The van der Waals surface area contributed by atoms with Crippen LogP contribution in [0.2, 0.25) is 0 Å². The van der Waals surface area contributed by atoms with Crippen LogP contribution in [0.5, 0.6) is 0 Å². The fourth-order valence-corrected chi connectivity index (χ4v) is 1.94. The highest BCUT2D eigenvalue weighted by atomic mass is 16.1. The fraction of sp³-hybridized carbons (Fsp3) is 0.111. The van der Waals surface area contributed by atoms with E-state index in [1.165, 1.54) is 11.6 Å². The molecule has 0 fully saturated rings. The van der Waals surface area contributed by atoms with E-state index in [4.69, 9.17) is 5.73 Å². The quantitative estimate of drug-likeness (QED) is 0.832. The number of carbonyl (C=O) groups excluding carboxylic acids is 2. The van der Waals surface area contributed by atoms with E-state index in [9.17, 15) is 9.59 Å². The molecule has 0 atom stereocenters. The Morgan fingerprint density at radius 3 is 2.23 bits per heavy atom. The second-order valence-corrected chi connectivity index (χ2v) is 4.86. The first-order valence-corrected chi connectivity index (χ1v) is 7.06. The number of hydrogen-bond donors (Lipinski definition) is 2. The van der Waals surface area contributed by atoms with Crippen LogP contribution < -0.4 is 11.1 Å². The summed E-state index contributed by atoms with van der Waals surface area (Å²) in [4.78, 5) is 22.8. The SMILES string of the molecule is CCc1ccc(/C=C/C(=O)Nc2ccc(C(N)=O)cc2)cc1. The number of nitrogens with two attached hydrogens (primary N) is 1. The molecule has 0 aliphatic heterocycles. The number of amides is 2. The van der Waals surface area contributed by atoms with Gasteiger partial charge in [0.25, 0.3) is 0 Å². The number of primary amides is 1. The van der Waals surface area contributed by atoms with Crippen molar-refractivity contribution < 1.29 is 9.59 Å². The van der Waals surface area contributed by atoms with Crippen molar-refractivity contribution in [3.8, 4) is 0 Å². The lowest BCUT2D eigenvalue weighted by atomic mass is 10.1. The molecule has 0 radical (unpaired) electrons. The number of anilines is 1. The first-order chi connectivity index (χ1) is 10.6. The Morgan fingerprint density at radius 2 is 1.68 bits per heavy atom. The summed E-state index contributed by atoms with van der Waals surface area (Å²) in [6.07, 6.45) is 4.22. The van der Waals surface area contributed by atoms with E-state index in [0.717, 1.165) is 12.0 Å². The molecule has 0 bridgehead atoms. The molecule has 2 rings (SSSR count). The molecule has 4 nitrogen and oxygen atoms in total. The lowest BCUT2D eigenvalue weighted by Gasteiger charge is -2.03. The van der Waals surface area contributed by atoms with E-state index in [1.807, 2.05) is 24.3 Å². The number of rotatable bonds is 5. The summed E-state index contributed by atoms with van der Waals surface area (Å²) in [7, 11) is 0. The summed E-state index contributed by atoms with van der Waals surface area (Å²) >= 11 is 0. The zero-order chi connectivity index (χ0) is 15.9. The Labute approximate surface area is 129 Å². The van der Waals surface area contributed by atoms with Crippen LogP contribution in [-0.4, -0.2) is 11.8 Å². The summed E-state index contributed by atoms with van der Waals surface area (Å²) in [5, 5.41) is 2.72. The Kier molecular flexibility index (Phi) is 5.09. The minimum Gasteiger partial charge on any atom is -0.366 e. The van der Waals surface area contributed by atoms with Crippen molar-refractivity contribution in [3.05, 3.63) is 71.3 Å². The highest BCUT2D eigenvalue weighted by Gasteiger charge is 2.01. The number of hydrogen-bond acceptors (Lipinski definition) is 2. The van der Waals surface area contributed by atoms with Gasteiger partial charge in [-0.3, -0.25) is 9.59 Å². The number of carbonyl (C=O) groups is 2. The Bertz CT molecular complexity index is 686. The van der Waals surface area contributed by atoms with Gasteiger partial charge in [-0.1, -0.05) is 31.2 Å². The molecule has 4 heteroatoms. The number of benzene rings is 2. The molecule has 0 unspecified atom stereocenters. The minimum atomic E-state index is -0.492. The highest BCUT2D eigenvalue weighted by Crippen LogP contribution is 2.10. The fourth-order valence-electron chi connectivity index (χ4n) is 1.94. The zero-order valence-corrected chi connectivity index (χ0v) is 12.4. The molecule has 3 N–H and O–H groups in total. The van der Waals surface area contributed by atoms with Gasteiger partial charge in [-0.25, -0.2) is 0 Å². The Balaban J connectivity index is 1.96. The average molecular weight is 294 g/mol. The molecule has 0 aliphatic rings. The molecule has 0 spiro atoms. The maximum absolute atomic E-state index is 11.8. The smallest absolute Gasteiger partial charge is 0.248 e. The molecule has 2 aromatic carbocycles. The molecule has 2 aromatic rings. The summed E-state index contributed by atoms with van der Waals surface area (Å²) in [6, 6.07) is 14.5. The third-order valence-electron chi connectivity index (χ3n) is 3.25. The van der Waals surface area contributed by atoms with E-state index in [1.54, 1.807) is 30.3 Å². The first kappa shape index (κ1) is 15.5. The van der Waals surface area contributed by atoms with Crippen molar-refractivity contribution in [1.82, 2.24) is 0 Å². The Hall–Kier alpha value is -2.88. The minimum absolute atomic E-state index is 0.230. The van der Waals surface area contributed by atoms with Crippen molar-refractivity contribution >= 4 is 23.6 Å². The molecule has 22 heavy (non-hydrogen) atoms. The average Bonchev–Trinajstić information content (AvgIpc) is 2.54. The van der Waals surface area contributed by atoms with Crippen molar-refractivity contribution in [2.45, 2.75) is 13.3 Å². The standard InChI is InChI=1S/C18H18N2O2/c1-2-13-3-5-14(6-4-13)7-12-17(21)20-16-10-8-15(9-11-16)18(19)22/h3-12H,2H2,1H3,(H2,19,22)(H,20,21)/b12-7+. The van der Waals surface area contributed by atoms with Gasteiger partial charge in [0.15, 0.2) is 0 Å². The van der Waals surface area contributed by atoms with Crippen LogP contribution in [-0.2, 0) is 11.2 Å². The van der Waals surface area contributed by atoms with Gasteiger partial charge >= 0.3 is 0 Å². The van der Waals surface area contributed by atoms with Crippen LogP contribution in [0.3, 0.4) is 0 Å². The lowest BCUT2D eigenvalue weighted by molar-refractivity contribution is -0.111. The van der Waals surface area contributed by atoms with Crippen LogP contribution in [0, 0.1) is 0 Å². The third-order valence-corrected chi connectivity index (χ3v) is 3.25. The Morgan fingerprint density at radius 1 is 1.05 bits per heavy atom. The van der Waals surface area contributed by atoms with Crippen LogP contribution in [0.25, 0.3) is 6.08 Å². The van der Waals surface area contributed by atoms with Crippen LogP contribution >= 0.6 is 0 Å². The van der Waals surface area contributed by atoms with Crippen molar-refractivity contribution in [1.29, 1.82) is 0 Å². The number of aryl methyl sites for hydroxylation is 1. The summed E-state index contributed by atoms with van der Waals surface area (Å²) in [6.45, 7) is 2.10. The van der Waals surface area contributed by atoms with Gasteiger partial charge in [-0.2, -0.15) is 0 Å². The van der Waals surface area contributed by atoms with Crippen LogP contribution in [0.4, 0.5) is 5.69 Å². The zero-order valence-electron chi connectivity index (χ0n) is 12.4. The van der Waals surface area contributed by atoms with Crippen molar-refractivity contribution in [2.24, 2.45) is 5.73 Å². The van der Waals surface area contributed by atoms with Gasteiger partial charge in [0.1, 0.15) is 0 Å². The third kappa shape index (κ3) is 4.31. The van der Waals surface area contributed by atoms with E-state index >= 15 is 0 Å². The van der Waals surface area contributed by atoms with Gasteiger partial charge < -0.3 is 11.1 Å². The molecule has 112 valence electrons. The van der Waals surface area contributed by atoms with Crippen LogP contribution in [0.15, 0.2) is 54.6 Å². The molecule has 0 saturated carbocycles. The molecule has 0 saturated heterocycles. The van der Waals surface area contributed by atoms with E-state index < -0.39 is 5.91 Å². The van der Waals surface area contributed by atoms with Gasteiger partial charge in [0.05, 0.1) is 0 Å². The topological polar surface area (TPSA) is 72.2 Å². The molecular weight excluding hydrogens is 276 g/mol. The van der Waals surface area contributed by atoms with Crippen molar-refractivity contribution in [3.63, 3.8) is 0 Å². The predicted octanol–water partition coefficient (Wildman–Crippen LogP) is 3.00. The highest BCUT2D eigenvalue weighted by molar-refractivity contribution is 6.02. The number of nitrogens with one attached hydrogen (secondary N) is 1. The maximum atomic E-state index is 11.8. The second kappa shape index (κ2) is 7.22. The monoisotopic (exact) mass is 294 g/mol. The summed E-state index contributed by atoms with van der Waals surface area (Å²) < 4.78 is 0. The van der Waals surface area contributed by atoms with E-state index in [0.29, 0.717) is 11.3 Å². The molecule has 0 aliphatic carbocycles. The summed E-state index contributed by atoms with van der Waals surface area (Å²) in [5.74, 6) is -0.723. The largest absolute Gasteiger partial charge is 0.366 e. The van der Waals surface area contributed by atoms with Gasteiger partial charge in [-0.15, -0.1) is 0 Å². The first-order valence-electron chi connectivity index (χ1n) is 7.06. The molecular formula is C18H18N2O2. The van der Waals surface area contributed by atoms with Crippen LogP contribution in [0.1, 0.15) is 28.4 Å². The maximum Gasteiger partial charge on any atom is 0.248 e. The normalized spacial score (nSPS) is 10.6. The molecule has 0 heterocycles.